The minimum Gasteiger partial charge on any atom is -0.330 e. The van der Waals surface area contributed by atoms with Crippen LogP contribution in [0.5, 0.6) is 0 Å². The van der Waals surface area contributed by atoms with E-state index in [1.54, 1.807) is 0 Å². The van der Waals surface area contributed by atoms with Gasteiger partial charge in [0, 0.05) is 13.1 Å². The summed E-state index contributed by atoms with van der Waals surface area (Å²) in [5.41, 5.74) is 5.83. The van der Waals surface area contributed by atoms with Crippen LogP contribution in [0.1, 0.15) is 12.0 Å². The zero-order valence-corrected chi connectivity index (χ0v) is 13.0. The van der Waals surface area contributed by atoms with Crippen LogP contribution < -0.4 is 5.73 Å². The molecule has 0 amide bonds. The molecule has 1 atom stereocenters. The molecule has 1 heterocycles. The van der Waals surface area contributed by atoms with Gasteiger partial charge in [0.2, 0.25) is 10.0 Å². The lowest BCUT2D eigenvalue weighted by Gasteiger charge is -2.16. The van der Waals surface area contributed by atoms with Gasteiger partial charge in [-0.25, -0.2) is 8.42 Å². The Kier molecular flexibility index (Phi) is 5.80. The Bertz CT molecular complexity index is 628. The maximum Gasteiger partial charge on any atom is 0.243 e. The second kappa shape index (κ2) is 6.74. The molecule has 1 aliphatic rings. The first-order valence-corrected chi connectivity index (χ1v) is 7.70. The fraction of sp³-hybridized carbons (Fsp3) is 0.417. The minimum atomic E-state index is -3.55. The highest BCUT2D eigenvalue weighted by atomic mass is 35.5. The lowest BCUT2D eigenvalue weighted by Crippen LogP contribution is -2.30. The molecule has 5 nitrogen and oxygen atoms in total. The Morgan fingerprint density at radius 3 is 2.70 bits per heavy atom. The van der Waals surface area contributed by atoms with Crippen molar-refractivity contribution < 1.29 is 8.42 Å². The summed E-state index contributed by atoms with van der Waals surface area (Å²) in [5, 5.41) is 8.93. The van der Waals surface area contributed by atoms with Gasteiger partial charge in [0.25, 0.3) is 0 Å². The van der Waals surface area contributed by atoms with Gasteiger partial charge in [-0.3, -0.25) is 0 Å². The summed E-state index contributed by atoms with van der Waals surface area (Å²) in [7, 11) is -3.55. The van der Waals surface area contributed by atoms with Crippen LogP contribution in [0.2, 0.25) is 5.02 Å². The third-order valence-electron chi connectivity index (χ3n) is 3.28. The highest BCUT2D eigenvalue weighted by Crippen LogP contribution is 2.26. The number of nitrogens with two attached hydrogens (primary N) is 1. The number of nitriles is 1. The number of halogens is 2. The van der Waals surface area contributed by atoms with E-state index in [1.807, 2.05) is 6.07 Å². The molecular formula is C12H15Cl2N3O2S. The second-order valence-electron chi connectivity index (χ2n) is 4.51. The zero-order chi connectivity index (χ0) is 14.0. The Morgan fingerprint density at radius 1 is 1.50 bits per heavy atom. The van der Waals surface area contributed by atoms with Crippen molar-refractivity contribution in [3.8, 4) is 6.07 Å². The lowest BCUT2D eigenvalue weighted by atomic mass is 10.1. The molecule has 0 aromatic heterocycles. The largest absolute Gasteiger partial charge is 0.330 e. The lowest BCUT2D eigenvalue weighted by molar-refractivity contribution is 0.459. The van der Waals surface area contributed by atoms with Crippen molar-refractivity contribution in [2.45, 2.75) is 11.3 Å². The van der Waals surface area contributed by atoms with Crippen molar-refractivity contribution >= 4 is 34.0 Å². The highest BCUT2D eigenvalue weighted by Gasteiger charge is 2.32. The molecule has 0 radical (unpaired) electrons. The van der Waals surface area contributed by atoms with Crippen molar-refractivity contribution in [3.63, 3.8) is 0 Å². The van der Waals surface area contributed by atoms with Crippen LogP contribution in [0.15, 0.2) is 23.1 Å². The Morgan fingerprint density at radius 2 is 2.20 bits per heavy atom. The van der Waals surface area contributed by atoms with Gasteiger partial charge in [-0.2, -0.15) is 9.57 Å². The number of hydrogen-bond donors (Lipinski definition) is 1. The van der Waals surface area contributed by atoms with Gasteiger partial charge in [0.1, 0.15) is 6.07 Å². The van der Waals surface area contributed by atoms with Crippen molar-refractivity contribution in [2.24, 2.45) is 11.7 Å². The Labute approximate surface area is 129 Å². The molecule has 0 saturated carbocycles. The average molecular weight is 336 g/mol. The third-order valence-corrected chi connectivity index (χ3v) is 5.45. The molecule has 1 aromatic carbocycles. The van der Waals surface area contributed by atoms with Crippen molar-refractivity contribution in [1.29, 1.82) is 5.26 Å². The van der Waals surface area contributed by atoms with Crippen LogP contribution in [0.4, 0.5) is 0 Å². The number of nitrogens with zero attached hydrogens (tertiary/aromatic N) is 2. The first-order chi connectivity index (χ1) is 8.98. The summed E-state index contributed by atoms with van der Waals surface area (Å²) < 4.78 is 26.2. The molecule has 0 aliphatic carbocycles. The summed E-state index contributed by atoms with van der Waals surface area (Å²) in [6.07, 6.45) is 0.778. The van der Waals surface area contributed by atoms with Crippen LogP contribution >= 0.6 is 24.0 Å². The normalized spacial score (nSPS) is 19.4. The van der Waals surface area contributed by atoms with E-state index < -0.39 is 10.0 Å². The first-order valence-electron chi connectivity index (χ1n) is 5.89. The van der Waals surface area contributed by atoms with Crippen LogP contribution in [0.3, 0.4) is 0 Å². The SMILES string of the molecule is Cl.N#Cc1ccc(S(=O)(=O)N2CCC(CN)C2)cc1Cl. The van der Waals surface area contributed by atoms with E-state index in [0.29, 0.717) is 19.6 Å². The van der Waals surface area contributed by atoms with E-state index in [1.165, 1.54) is 22.5 Å². The van der Waals surface area contributed by atoms with Gasteiger partial charge in [0.05, 0.1) is 15.5 Å². The number of benzene rings is 1. The summed E-state index contributed by atoms with van der Waals surface area (Å²) in [6.45, 7) is 1.40. The first kappa shape index (κ1) is 17.2. The summed E-state index contributed by atoms with van der Waals surface area (Å²) in [6, 6.07) is 6.06. The summed E-state index contributed by atoms with van der Waals surface area (Å²) in [5.74, 6) is 0.212. The number of sulfonamides is 1. The Hall–Kier alpha value is -0.840. The molecule has 2 N–H and O–H groups in total. The van der Waals surface area contributed by atoms with Gasteiger partial charge in [-0.15, -0.1) is 12.4 Å². The van der Waals surface area contributed by atoms with E-state index in [0.717, 1.165) is 6.42 Å². The molecule has 0 bridgehead atoms. The smallest absolute Gasteiger partial charge is 0.243 e. The number of hydrogen-bond acceptors (Lipinski definition) is 4. The Balaban J connectivity index is 0.00000200. The second-order valence-corrected chi connectivity index (χ2v) is 6.85. The maximum absolute atomic E-state index is 12.4. The van der Waals surface area contributed by atoms with Crippen LogP contribution in [-0.2, 0) is 10.0 Å². The fourth-order valence-electron chi connectivity index (χ4n) is 2.10. The molecule has 0 spiro atoms. The van der Waals surface area contributed by atoms with Crippen LogP contribution in [0, 0.1) is 17.2 Å². The zero-order valence-electron chi connectivity index (χ0n) is 10.6. The molecule has 1 unspecified atom stereocenters. The average Bonchev–Trinajstić information content (AvgIpc) is 2.88. The van der Waals surface area contributed by atoms with Crippen molar-refractivity contribution in [2.75, 3.05) is 19.6 Å². The van der Waals surface area contributed by atoms with E-state index in [4.69, 9.17) is 22.6 Å². The molecule has 110 valence electrons. The highest BCUT2D eigenvalue weighted by molar-refractivity contribution is 7.89. The summed E-state index contributed by atoms with van der Waals surface area (Å²) >= 11 is 5.87. The number of rotatable bonds is 3. The molecule has 1 aromatic rings. The molecule has 20 heavy (non-hydrogen) atoms. The monoisotopic (exact) mass is 335 g/mol. The summed E-state index contributed by atoms with van der Waals surface area (Å²) in [4.78, 5) is 0.120. The standard InChI is InChI=1S/C12H14ClN3O2S.ClH/c13-12-5-11(2-1-10(12)7-15)19(17,18)16-4-3-9(6-14)8-16;/h1-2,5,9H,3-4,6,8,14H2;1H. The maximum atomic E-state index is 12.4. The van der Waals surface area contributed by atoms with Gasteiger partial charge in [-0.05, 0) is 37.1 Å². The van der Waals surface area contributed by atoms with Gasteiger partial charge >= 0.3 is 0 Å². The minimum absolute atomic E-state index is 0. The predicted molar refractivity (Wildman–Crippen MR) is 79.3 cm³/mol. The van der Waals surface area contributed by atoms with Crippen molar-refractivity contribution in [1.82, 2.24) is 4.31 Å². The molecular weight excluding hydrogens is 321 g/mol. The molecule has 8 heteroatoms. The molecule has 1 fully saturated rings. The van der Waals surface area contributed by atoms with Crippen LogP contribution in [0.25, 0.3) is 0 Å². The van der Waals surface area contributed by atoms with Crippen LogP contribution in [-0.4, -0.2) is 32.4 Å². The quantitative estimate of drug-likeness (QED) is 0.908. The molecule has 2 rings (SSSR count). The van der Waals surface area contributed by atoms with Crippen molar-refractivity contribution in [3.05, 3.63) is 28.8 Å². The fourth-order valence-corrected chi connectivity index (χ4v) is 3.95. The molecule has 1 saturated heterocycles. The predicted octanol–water partition coefficient (Wildman–Crippen LogP) is 1.60. The van der Waals surface area contributed by atoms with Gasteiger partial charge in [0.15, 0.2) is 0 Å². The molecule has 1 aliphatic heterocycles. The topological polar surface area (TPSA) is 87.2 Å². The van der Waals surface area contributed by atoms with E-state index >= 15 is 0 Å². The van der Waals surface area contributed by atoms with E-state index in [9.17, 15) is 8.42 Å². The van der Waals surface area contributed by atoms with Gasteiger partial charge in [-0.1, -0.05) is 11.6 Å². The van der Waals surface area contributed by atoms with E-state index in [2.05, 4.69) is 0 Å². The van der Waals surface area contributed by atoms with Gasteiger partial charge < -0.3 is 5.73 Å². The van der Waals surface area contributed by atoms with E-state index in [-0.39, 0.29) is 33.8 Å². The third kappa shape index (κ3) is 3.25.